The summed E-state index contributed by atoms with van der Waals surface area (Å²) in [5.41, 5.74) is -1.33. The fraction of sp³-hybridized carbons (Fsp3) is 0.200. The molecule has 92 valence electrons. The third kappa shape index (κ3) is 3.47. The van der Waals surface area contributed by atoms with E-state index in [0.29, 0.717) is 12.1 Å². The van der Waals surface area contributed by atoms with Crippen LogP contribution in [0.5, 0.6) is 5.88 Å². The predicted octanol–water partition coefficient (Wildman–Crippen LogP) is 2.21. The number of carboxylic acids is 1. The van der Waals surface area contributed by atoms with Gasteiger partial charge in [0.1, 0.15) is 0 Å². The minimum absolute atomic E-state index is 0.190. The van der Waals surface area contributed by atoms with E-state index in [-0.39, 0.29) is 11.4 Å². The lowest BCUT2D eigenvalue weighted by Gasteiger charge is -2.10. The highest BCUT2D eigenvalue weighted by Crippen LogP contribution is 2.33. The number of nitrogens with zero attached hydrogens (tertiary/aromatic N) is 1. The molecule has 17 heavy (non-hydrogen) atoms. The molecule has 4 nitrogen and oxygen atoms in total. The van der Waals surface area contributed by atoms with Gasteiger partial charge in [0.05, 0.1) is 12.7 Å². The van der Waals surface area contributed by atoms with E-state index in [0.717, 1.165) is 12.3 Å². The number of aliphatic carboxylic acids is 1. The fourth-order valence-corrected chi connectivity index (χ4v) is 1.10. The molecular formula is C10H8F3NO3. The maximum atomic E-state index is 12.6. The third-order valence-electron chi connectivity index (χ3n) is 1.83. The molecule has 0 unspecified atom stereocenters. The first-order chi connectivity index (χ1) is 7.84. The Labute approximate surface area is 94.4 Å². The van der Waals surface area contributed by atoms with Crippen molar-refractivity contribution in [3.8, 4) is 5.88 Å². The van der Waals surface area contributed by atoms with E-state index >= 15 is 0 Å². The van der Waals surface area contributed by atoms with Crippen LogP contribution in [0.15, 0.2) is 18.3 Å². The van der Waals surface area contributed by atoms with Crippen LogP contribution < -0.4 is 4.74 Å². The van der Waals surface area contributed by atoms with Crippen LogP contribution >= 0.6 is 0 Å². The summed E-state index contributed by atoms with van der Waals surface area (Å²) in [6, 6.07) is 0.710. The lowest BCUT2D eigenvalue weighted by atomic mass is 10.1. The van der Waals surface area contributed by atoms with E-state index in [9.17, 15) is 18.0 Å². The molecule has 1 rings (SSSR count). The summed E-state index contributed by atoms with van der Waals surface area (Å²) in [6.07, 6.45) is -2.26. The first-order valence-electron chi connectivity index (χ1n) is 4.37. The Morgan fingerprint density at radius 1 is 1.53 bits per heavy atom. The Bertz CT molecular complexity index is 455. The van der Waals surface area contributed by atoms with Crippen LogP contribution in [-0.2, 0) is 11.0 Å². The number of carboxylic acid groups (broad SMARTS) is 1. The smallest absolute Gasteiger partial charge is 0.417 e. The fourth-order valence-electron chi connectivity index (χ4n) is 1.10. The number of rotatable bonds is 3. The number of pyridine rings is 1. The molecule has 7 heteroatoms. The summed E-state index contributed by atoms with van der Waals surface area (Å²) < 4.78 is 42.5. The highest BCUT2D eigenvalue weighted by Gasteiger charge is 2.33. The van der Waals surface area contributed by atoms with Gasteiger partial charge in [-0.15, -0.1) is 0 Å². The van der Waals surface area contributed by atoms with Crippen LogP contribution in [0, 0.1) is 0 Å². The molecule has 1 aromatic heterocycles. The highest BCUT2D eigenvalue weighted by atomic mass is 19.4. The molecule has 1 heterocycles. The summed E-state index contributed by atoms with van der Waals surface area (Å²) in [6.45, 7) is 0. The Balaban J connectivity index is 3.25. The lowest BCUT2D eigenvalue weighted by Crippen LogP contribution is -2.08. The predicted molar refractivity (Wildman–Crippen MR) is 52.5 cm³/mol. The molecule has 0 bridgehead atoms. The van der Waals surface area contributed by atoms with Gasteiger partial charge in [-0.3, -0.25) is 0 Å². The van der Waals surface area contributed by atoms with Crippen molar-refractivity contribution in [2.75, 3.05) is 7.11 Å². The summed E-state index contributed by atoms with van der Waals surface area (Å²) >= 11 is 0. The van der Waals surface area contributed by atoms with Crippen molar-refractivity contribution in [3.05, 3.63) is 29.5 Å². The molecule has 0 radical (unpaired) electrons. The Hall–Kier alpha value is -2.05. The summed E-state index contributed by atoms with van der Waals surface area (Å²) in [5.74, 6) is -1.53. The van der Waals surface area contributed by atoms with Crippen LogP contribution in [0.1, 0.15) is 11.1 Å². The SMILES string of the molecule is COc1cc(C(F)(F)F)c(/C=C/C(=O)O)cn1. The van der Waals surface area contributed by atoms with E-state index in [4.69, 9.17) is 5.11 Å². The van der Waals surface area contributed by atoms with Crippen molar-refractivity contribution in [3.63, 3.8) is 0 Å². The van der Waals surface area contributed by atoms with Gasteiger partial charge in [0.25, 0.3) is 0 Å². The molecule has 1 aromatic rings. The molecule has 0 fully saturated rings. The first kappa shape index (κ1) is 13.0. The molecule has 0 amide bonds. The lowest BCUT2D eigenvalue weighted by molar-refractivity contribution is -0.138. The Kier molecular flexibility index (Phi) is 3.72. The van der Waals surface area contributed by atoms with Gasteiger partial charge in [0, 0.05) is 23.9 Å². The first-order valence-corrected chi connectivity index (χ1v) is 4.37. The monoisotopic (exact) mass is 247 g/mol. The minimum Gasteiger partial charge on any atom is -0.481 e. The largest absolute Gasteiger partial charge is 0.481 e. The van der Waals surface area contributed by atoms with Gasteiger partial charge in [-0.05, 0) is 6.08 Å². The van der Waals surface area contributed by atoms with Gasteiger partial charge in [-0.25, -0.2) is 9.78 Å². The Morgan fingerprint density at radius 2 is 2.18 bits per heavy atom. The van der Waals surface area contributed by atoms with Gasteiger partial charge >= 0.3 is 12.1 Å². The molecule has 0 saturated heterocycles. The van der Waals surface area contributed by atoms with E-state index < -0.39 is 17.7 Å². The van der Waals surface area contributed by atoms with Gasteiger partial charge in [-0.2, -0.15) is 13.2 Å². The standard InChI is InChI=1S/C10H8F3NO3/c1-17-8-4-7(10(11,12)13)6(5-14-8)2-3-9(15)16/h2-5H,1H3,(H,15,16)/b3-2+. The molecule has 0 aliphatic carbocycles. The molecular weight excluding hydrogens is 239 g/mol. The average Bonchev–Trinajstić information content (AvgIpc) is 2.24. The maximum absolute atomic E-state index is 12.6. The summed E-state index contributed by atoms with van der Waals surface area (Å²) in [7, 11) is 1.19. The molecule has 0 atom stereocenters. The van der Waals surface area contributed by atoms with Crippen molar-refractivity contribution >= 4 is 12.0 Å². The van der Waals surface area contributed by atoms with Gasteiger partial charge in [-0.1, -0.05) is 0 Å². The zero-order valence-corrected chi connectivity index (χ0v) is 8.65. The number of aromatic nitrogens is 1. The van der Waals surface area contributed by atoms with Crippen molar-refractivity contribution in [1.29, 1.82) is 0 Å². The topological polar surface area (TPSA) is 59.4 Å². The minimum atomic E-state index is -4.60. The van der Waals surface area contributed by atoms with Gasteiger partial charge in [0.15, 0.2) is 0 Å². The normalized spacial score (nSPS) is 11.8. The molecule has 1 N–H and O–H groups in total. The second kappa shape index (κ2) is 4.86. The van der Waals surface area contributed by atoms with Gasteiger partial charge in [0.2, 0.25) is 5.88 Å². The zero-order valence-electron chi connectivity index (χ0n) is 8.65. The molecule has 0 saturated carbocycles. The number of halogens is 3. The van der Waals surface area contributed by atoms with Crippen LogP contribution in [0.25, 0.3) is 6.08 Å². The quantitative estimate of drug-likeness (QED) is 0.832. The van der Waals surface area contributed by atoms with Crippen molar-refractivity contribution in [1.82, 2.24) is 4.98 Å². The van der Waals surface area contributed by atoms with E-state index in [1.807, 2.05) is 0 Å². The van der Waals surface area contributed by atoms with Crippen LogP contribution in [0.2, 0.25) is 0 Å². The second-order valence-corrected chi connectivity index (χ2v) is 2.98. The second-order valence-electron chi connectivity index (χ2n) is 2.98. The number of hydrogen-bond donors (Lipinski definition) is 1. The zero-order chi connectivity index (χ0) is 13.1. The van der Waals surface area contributed by atoms with Gasteiger partial charge < -0.3 is 9.84 Å². The molecule has 0 aliphatic rings. The summed E-state index contributed by atoms with van der Waals surface area (Å²) in [4.78, 5) is 13.8. The molecule has 0 aromatic carbocycles. The van der Waals surface area contributed by atoms with E-state index in [2.05, 4.69) is 9.72 Å². The number of methoxy groups -OCH3 is 1. The molecule has 0 aliphatic heterocycles. The maximum Gasteiger partial charge on any atom is 0.417 e. The van der Waals surface area contributed by atoms with Crippen molar-refractivity contribution in [2.24, 2.45) is 0 Å². The average molecular weight is 247 g/mol. The summed E-state index contributed by atoms with van der Waals surface area (Å²) in [5, 5.41) is 8.36. The third-order valence-corrected chi connectivity index (χ3v) is 1.83. The number of ether oxygens (including phenoxy) is 1. The number of hydrogen-bond acceptors (Lipinski definition) is 3. The van der Waals surface area contributed by atoms with Crippen LogP contribution in [0.4, 0.5) is 13.2 Å². The Morgan fingerprint density at radius 3 is 2.65 bits per heavy atom. The van der Waals surface area contributed by atoms with Crippen LogP contribution in [0.3, 0.4) is 0 Å². The van der Waals surface area contributed by atoms with Crippen LogP contribution in [-0.4, -0.2) is 23.2 Å². The van der Waals surface area contributed by atoms with Crippen molar-refractivity contribution in [2.45, 2.75) is 6.18 Å². The number of alkyl halides is 3. The number of carbonyl (C=O) groups is 1. The molecule has 0 spiro atoms. The van der Waals surface area contributed by atoms with E-state index in [1.54, 1.807) is 0 Å². The van der Waals surface area contributed by atoms with Crippen molar-refractivity contribution < 1.29 is 27.8 Å². The highest BCUT2D eigenvalue weighted by molar-refractivity contribution is 5.85. The van der Waals surface area contributed by atoms with E-state index in [1.165, 1.54) is 7.11 Å².